The highest BCUT2D eigenvalue weighted by Gasteiger charge is 2.22. The molecule has 3 rings (SSSR count). The summed E-state index contributed by atoms with van der Waals surface area (Å²) in [4.78, 5) is 14.8. The Morgan fingerprint density at radius 2 is 2.35 bits per heavy atom. The summed E-state index contributed by atoms with van der Waals surface area (Å²) in [5.74, 6) is 0.0749. The highest BCUT2D eigenvalue weighted by molar-refractivity contribution is 5.97. The summed E-state index contributed by atoms with van der Waals surface area (Å²) in [5.41, 5.74) is 3.15. The third kappa shape index (κ3) is 2.66. The molecule has 0 saturated carbocycles. The first kappa shape index (κ1) is 13.4. The van der Waals surface area contributed by atoms with E-state index >= 15 is 0 Å². The van der Waals surface area contributed by atoms with E-state index in [0.717, 1.165) is 43.7 Å². The fourth-order valence-electron chi connectivity index (χ4n) is 3.27. The molecule has 0 aliphatic carbocycles. The number of fused-ring (bicyclic) bond motifs is 1. The van der Waals surface area contributed by atoms with Crippen molar-refractivity contribution in [3.63, 3.8) is 0 Å². The van der Waals surface area contributed by atoms with E-state index in [1.807, 2.05) is 12.1 Å². The number of benzene rings is 1. The minimum atomic E-state index is 0.0749. The van der Waals surface area contributed by atoms with E-state index in [1.165, 1.54) is 18.4 Å². The smallest absolute Gasteiger partial charge is 0.251 e. The number of likely N-dealkylation sites (N-methyl/N-ethyl adjacent to an activating group) is 1. The molecule has 0 bridgehead atoms. The van der Waals surface area contributed by atoms with Gasteiger partial charge in [0.1, 0.15) is 0 Å². The predicted octanol–water partition coefficient (Wildman–Crippen LogP) is 1.87. The number of carbonyl (C=O) groups excluding carboxylic acids is 1. The Bertz CT molecular complexity index is 500. The van der Waals surface area contributed by atoms with Gasteiger partial charge in [-0.1, -0.05) is 6.07 Å². The maximum atomic E-state index is 12.4. The van der Waals surface area contributed by atoms with E-state index in [-0.39, 0.29) is 5.91 Å². The second-order valence-electron chi connectivity index (χ2n) is 5.85. The van der Waals surface area contributed by atoms with E-state index in [9.17, 15) is 4.79 Å². The van der Waals surface area contributed by atoms with Crippen molar-refractivity contribution in [2.24, 2.45) is 0 Å². The average molecular weight is 273 g/mol. The molecule has 2 aliphatic heterocycles. The van der Waals surface area contributed by atoms with Crippen LogP contribution in [0.1, 0.15) is 35.2 Å². The molecule has 0 aromatic heterocycles. The third-order valence-corrected chi connectivity index (χ3v) is 4.51. The van der Waals surface area contributed by atoms with Crippen LogP contribution in [-0.4, -0.2) is 43.5 Å². The molecule has 0 radical (unpaired) electrons. The van der Waals surface area contributed by atoms with Crippen LogP contribution in [0.4, 0.5) is 5.69 Å². The van der Waals surface area contributed by atoms with Crippen LogP contribution in [0, 0.1) is 0 Å². The molecule has 20 heavy (non-hydrogen) atoms. The van der Waals surface area contributed by atoms with Crippen LogP contribution in [0.3, 0.4) is 0 Å². The quantitative estimate of drug-likeness (QED) is 0.883. The number of hydrogen-bond acceptors (Lipinski definition) is 3. The van der Waals surface area contributed by atoms with Crippen molar-refractivity contribution in [3.8, 4) is 0 Å². The maximum Gasteiger partial charge on any atom is 0.251 e. The zero-order valence-electron chi connectivity index (χ0n) is 12.1. The molecule has 2 N–H and O–H groups in total. The van der Waals surface area contributed by atoms with E-state index in [1.54, 1.807) is 0 Å². The lowest BCUT2D eigenvalue weighted by atomic mass is 9.97. The predicted molar refractivity (Wildman–Crippen MR) is 81.2 cm³/mol. The highest BCUT2D eigenvalue weighted by atomic mass is 16.1. The van der Waals surface area contributed by atoms with Crippen LogP contribution >= 0.6 is 0 Å². The number of anilines is 1. The van der Waals surface area contributed by atoms with Gasteiger partial charge >= 0.3 is 0 Å². The molecule has 4 nitrogen and oxygen atoms in total. The van der Waals surface area contributed by atoms with Gasteiger partial charge in [-0.15, -0.1) is 0 Å². The molecule has 1 aromatic carbocycles. The van der Waals surface area contributed by atoms with E-state index in [0.29, 0.717) is 6.04 Å². The molecule has 2 aliphatic rings. The van der Waals surface area contributed by atoms with Crippen LogP contribution in [-0.2, 0) is 6.42 Å². The number of likely N-dealkylation sites (tertiary alicyclic amines) is 1. The van der Waals surface area contributed by atoms with Gasteiger partial charge in [0.05, 0.1) is 0 Å². The van der Waals surface area contributed by atoms with Crippen LogP contribution in [0.2, 0.25) is 0 Å². The standard InChI is InChI=1S/C16H23N3O/c1-19-10-4-5-12(19)11-18-16(20)14-6-2-8-15-13(14)7-3-9-17-15/h2,6,8,12,17H,3-5,7,9-11H2,1H3,(H,18,20). The SMILES string of the molecule is CN1CCCC1CNC(=O)c1cccc2c1CCCN2. The lowest BCUT2D eigenvalue weighted by Gasteiger charge is -2.22. The number of nitrogens with zero attached hydrogens (tertiary/aromatic N) is 1. The first-order valence-electron chi connectivity index (χ1n) is 7.60. The Balaban J connectivity index is 1.68. The molecule has 1 saturated heterocycles. The number of hydrogen-bond donors (Lipinski definition) is 2. The van der Waals surface area contributed by atoms with Gasteiger partial charge in [0, 0.05) is 30.4 Å². The van der Waals surface area contributed by atoms with Crippen molar-refractivity contribution in [1.82, 2.24) is 10.2 Å². The molecular weight excluding hydrogens is 250 g/mol. The van der Waals surface area contributed by atoms with Crippen molar-refractivity contribution >= 4 is 11.6 Å². The van der Waals surface area contributed by atoms with Gasteiger partial charge in [0.2, 0.25) is 0 Å². The van der Waals surface area contributed by atoms with Gasteiger partial charge in [0.25, 0.3) is 5.91 Å². The molecule has 1 aromatic rings. The third-order valence-electron chi connectivity index (χ3n) is 4.51. The lowest BCUT2D eigenvalue weighted by Crippen LogP contribution is -2.38. The molecule has 108 valence electrons. The van der Waals surface area contributed by atoms with Gasteiger partial charge < -0.3 is 15.5 Å². The van der Waals surface area contributed by atoms with Crippen molar-refractivity contribution in [3.05, 3.63) is 29.3 Å². The molecule has 1 amide bonds. The molecule has 0 spiro atoms. The summed E-state index contributed by atoms with van der Waals surface area (Å²) in [7, 11) is 2.14. The summed E-state index contributed by atoms with van der Waals surface area (Å²) in [6.07, 6.45) is 4.52. The Labute approximate surface area is 120 Å². The summed E-state index contributed by atoms with van der Waals surface area (Å²) < 4.78 is 0. The minimum Gasteiger partial charge on any atom is -0.385 e. The van der Waals surface area contributed by atoms with Crippen LogP contribution in [0.15, 0.2) is 18.2 Å². The van der Waals surface area contributed by atoms with Gasteiger partial charge in [-0.05, 0) is 57.0 Å². The molecule has 1 atom stereocenters. The summed E-state index contributed by atoms with van der Waals surface area (Å²) in [6, 6.07) is 6.47. The molecular formula is C16H23N3O. The van der Waals surface area contributed by atoms with Gasteiger partial charge in [-0.2, -0.15) is 0 Å². The van der Waals surface area contributed by atoms with Gasteiger partial charge in [-0.25, -0.2) is 0 Å². The van der Waals surface area contributed by atoms with Crippen LogP contribution < -0.4 is 10.6 Å². The molecule has 1 unspecified atom stereocenters. The normalized spacial score (nSPS) is 22.1. The molecule has 4 heteroatoms. The second kappa shape index (κ2) is 5.83. The van der Waals surface area contributed by atoms with Crippen molar-refractivity contribution in [1.29, 1.82) is 0 Å². The van der Waals surface area contributed by atoms with Gasteiger partial charge in [0.15, 0.2) is 0 Å². The van der Waals surface area contributed by atoms with E-state index in [4.69, 9.17) is 0 Å². The Morgan fingerprint density at radius 3 is 3.15 bits per heavy atom. The largest absolute Gasteiger partial charge is 0.385 e. The zero-order valence-corrected chi connectivity index (χ0v) is 12.1. The maximum absolute atomic E-state index is 12.4. The van der Waals surface area contributed by atoms with E-state index < -0.39 is 0 Å². The summed E-state index contributed by atoms with van der Waals surface area (Å²) in [6.45, 7) is 2.91. The number of nitrogens with one attached hydrogen (secondary N) is 2. The van der Waals surface area contributed by atoms with Crippen molar-refractivity contribution in [2.45, 2.75) is 31.7 Å². The van der Waals surface area contributed by atoms with Crippen molar-refractivity contribution < 1.29 is 4.79 Å². The number of rotatable bonds is 3. The summed E-state index contributed by atoms with van der Waals surface area (Å²) in [5, 5.41) is 6.49. The number of amides is 1. The fourth-order valence-corrected chi connectivity index (χ4v) is 3.27. The van der Waals surface area contributed by atoms with Crippen molar-refractivity contribution in [2.75, 3.05) is 32.0 Å². The van der Waals surface area contributed by atoms with E-state index in [2.05, 4.69) is 28.6 Å². The molecule has 1 fully saturated rings. The fraction of sp³-hybridized carbons (Fsp3) is 0.562. The Morgan fingerprint density at radius 1 is 1.45 bits per heavy atom. The van der Waals surface area contributed by atoms with Crippen LogP contribution in [0.25, 0.3) is 0 Å². The molecule has 2 heterocycles. The zero-order chi connectivity index (χ0) is 13.9. The number of carbonyl (C=O) groups is 1. The summed E-state index contributed by atoms with van der Waals surface area (Å²) >= 11 is 0. The lowest BCUT2D eigenvalue weighted by molar-refractivity contribution is 0.0942. The topological polar surface area (TPSA) is 44.4 Å². The van der Waals surface area contributed by atoms with Gasteiger partial charge in [-0.3, -0.25) is 4.79 Å². The monoisotopic (exact) mass is 273 g/mol. The minimum absolute atomic E-state index is 0.0749. The average Bonchev–Trinajstić information content (AvgIpc) is 2.89. The van der Waals surface area contributed by atoms with Crippen LogP contribution in [0.5, 0.6) is 0 Å². The Kier molecular flexibility index (Phi) is 3.92. The second-order valence-corrected chi connectivity index (χ2v) is 5.85. The Hall–Kier alpha value is -1.55. The first-order chi connectivity index (χ1) is 9.75. The highest BCUT2D eigenvalue weighted by Crippen LogP contribution is 2.25. The first-order valence-corrected chi connectivity index (χ1v) is 7.60.